The number of ether oxygens (including phenoxy) is 2. The van der Waals surface area contributed by atoms with E-state index in [1.807, 2.05) is 13.8 Å². The van der Waals surface area contributed by atoms with Crippen molar-refractivity contribution in [3.8, 4) is 11.5 Å². The van der Waals surface area contributed by atoms with Crippen molar-refractivity contribution in [1.82, 2.24) is 9.97 Å². The largest absolute Gasteiger partial charge is 0.497 e. The highest BCUT2D eigenvalue weighted by atomic mass is 32.1. The Balaban J connectivity index is 1.75. The van der Waals surface area contributed by atoms with Crippen molar-refractivity contribution < 1.29 is 14.3 Å². The lowest BCUT2D eigenvalue weighted by Crippen LogP contribution is -2.38. The second-order valence-electron chi connectivity index (χ2n) is 7.89. The number of anilines is 2. The van der Waals surface area contributed by atoms with Gasteiger partial charge >= 0.3 is 0 Å². The number of aromatic nitrogens is 2. The SMILES string of the molecule is COc1ccc(OC)c(NC(=O)c2sc3nc(C)nc(N4CCCCC4C)c3c2C)c1. The summed E-state index contributed by atoms with van der Waals surface area (Å²) in [5, 5.41) is 3.96. The van der Waals surface area contributed by atoms with E-state index >= 15 is 0 Å². The van der Waals surface area contributed by atoms with E-state index in [0.717, 1.165) is 46.8 Å². The summed E-state index contributed by atoms with van der Waals surface area (Å²) in [4.78, 5) is 26.5. The molecule has 1 N–H and O–H groups in total. The highest BCUT2D eigenvalue weighted by Gasteiger charge is 2.26. The monoisotopic (exact) mass is 440 g/mol. The molecule has 4 rings (SSSR count). The first-order valence-electron chi connectivity index (χ1n) is 10.5. The molecule has 1 aliphatic heterocycles. The van der Waals surface area contributed by atoms with Crippen LogP contribution in [0.1, 0.15) is 47.2 Å². The van der Waals surface area contributed by atoms with Gasteiger partial charge in [-0.05, 0) is 57.7 Å². The van der Waals surface area contributed by atoms with Gasteiger partial charge < -0.3 is 19.7 Å². The molecule has 1 atom stereocenters. The molecule has 3 aromatic rings. The van der Waals surface area contributed by atoms with Gasteiger partial charge in [0.1, 0.15) is 28.0 Å². The van der Waals surface area contributed by atoms with Crippen LogP contribution in [0.2, 0.25) is 0 Å². The molecule has 0 spiro atoms. The number of fused-ring (bicyclic) bond motifs is 1. The number of nitrogens with one attached hydrogen (secondary N) is 1. The van der Waals surface area contributed by atoms with E-state index in [9.17, 15) is 4.79 Å². The van der Waals surface area contributed by atoms with Crippen molar-refractivity contribution in [2.75, 3.05) is 31.0 Å². The molecule has 8 heteroatoms. The molecule has 1 fully saturated rings. The van der Waals surface area contributed by atoms with Gasteiger partial charge in [0, 0.05) is 18.7 Å². The molecule has 1 aliphatic rings. The number of rotatable bonds is 5. The van der Waals surface area contributed by atoms with Gasteiger partial charge in [-0.3, -0.25) is 4.79 Å². The molecule has 31 heavy (non-hydrogen) atoms. The Labute approximate surface area is 186 Å². The van der Waals surface area contributed by atoms with E-state index in [0.29, 0.717) is 28.1 Å². The molecule has 0 saturated carbocycles. The normalized spacial score (nSPS) is 16.4. The van der Waals surface area contributed by atoms with Gasteiger partial charge in [0.2, 0.25) is 0 Å². The summed E-state index contributed by atoms with van der Waals surface area (Å²) < 4.78 is 10.7. The number of thiophene rings is 1. The maximum atomic E-state index is 13.3. The zero-order valence-electron chi connectivity index (χ0n) is 18.6. The summed E-state index contributed by atoms with van der Waals surface area (Å²) in [5.74, 6) is 2.70. The minimum atomic E-state index is -0.192. The predicted molar refractivity (Wildman–Crippen MR) is 125 cm³/mol. The Morgan fingerprint density at radius 2 is 2.00 bits per heavy atom. The molecular weight excluding hydrogens is 412 g/mol. The van der Waals surface area contributed by atoms with Crippen LogP contribution in [0.5, 0.6) is 11.5 Å². The number of carbonyl (C=O) groups is 1. The van der Waals surface area contributed by atoms with Crippen LogP contribution < -0.4 is 19.7 Å². The molecule has 0 aliphatic carbocycles. The lowest BCUT2D eigenvalue weighted by Gasteiger charge is -2.35. The molecule has 1 saturated heterocycles. The summed E-state index contributed by atoms with van der Waals surface area (Å²) in [6.45, 7) is 7.11. The third-order valence-electron chi connectivity index (χ3n) is 5.82. The molecule has 0 radical (unpaired) electrons. The summed E-state index contributed by atoms with van der Waals surface area (Å²) >= 11 is 1.41. The van der Waals surface area contributed by atoms with Gasteiger partial charge in [-0.25, -0.2) is 9.97 Å². The summed E-state index contributed by atoms with van der Waals surface area (Å²) in [5.41, 5.74) is 1.47. The van der Waals surface area contributed by atoms with E-state index in [4.69, 9.17) is 14.5 Å². The fourth-order valence-electron chi connectivity index (χ4n) is 4.15. The number of hydrogen-bond donors (Lipinski definition) is 1. The minimum Gasteiger partial charge on any atom is -0.497 e. The number of benzene rings is 1. The van der Waals surface area contributed by atoms with E-state index in [-0.39, 0.29) is 5.91 Å². The summed E-state index contributed by atoms with van der Waals surface area (Å²) in [7, 11) is 3.17. The van der Waals surface area contributed by atoms with Gasteiger partial charge in [0.25, 0.3) is 5.91 Å². The number of hydrogen-bond acceptors (Lipinski definition) is 7. The number of piperidine rings is 1. The van der Waals surface area contributed by atoms with Crippen molar-refractivity contribution in [2.24, 2.45) is 0 Å². The van der Waals surface area contributed by atoms with Crippen molar-refractivity contribution in [3.05, 3.63) is 34.5 Å². The number of aryl methyl sites for hydroxylation is 2. The molecular formula is C23H28N4O3S. The molecule has 0 bridgehead atoms. The van der Waals surface area contributed by atoms with Crippen LogP contribution in [-0.4, -0.2) is 42.7 Å². The van der Waals surface area contributed by atoms with Gasteiger partial charge in [-0.15, -0.1) is 11.3 Å². The van der Waals surface area contributed by atoms with E-state index < -0.39 is 0 Å². The van der Waals surface area contributed by atoms with E-state index in [1.54, 1.807) is 32.4 Å². The summed E-state index contributed by atoms with van der Waals surface area (Å²) in [6.07, 6.45) is 3.54. The Bertz CT molecular complexity index is 1130. The third-order valence-corrected chi connectivity index (χ3v) is 7.00. The lowest BCUT2D eigenvalue weighted by molar-refractivity contribution is 0.102. The maximum absolute atomic E-state index is 13.3. The summed E-state index contributed by atoms with van der Waals surface area (Å²) in [6, 6.07) is 5.74. The Morgan fingerprint density at radius 3 is 2.71 bits per heavy atom. The van der Waals surface area contributed by atoms with Gasteiger partial charge in [0.05, 0.1) is 30.2 Å². The average Bonchev–Trinajstić information content (AvgIpc) is 3.09. The van der Waals surface area contributed by atoms with Crippen LogP contribution in [0.15, 0.2) is 18.2 Å². The molecule has 1 unspecified atom stereocenters. The van der Waals surface area contributed by atoms with Crippen LogP contribution >= 0.6 is 11.3 Å². The fraction of sp³-hybridized carbons (Fsp3) is 0.435. The maximum Gasteiger partial charge on any atom is 0.266 e. The second-order valence-corrected chi connectivity index (χ2v) is 8.89. The molecule has 1 aromatic carbocycles. The molecule has 7 nitrogen and oxygen atoms in total. The van der Waals surface area contributed by atoms with Crippen LogP contribution in [0.3, 0.4) is 0 Å². The average molecular weight is 441 g/mol. The van der Waals surface area contributed by atoms with Gasteiger partial charge in [-0.1, -0.05) is 0 Å². The fourth-order valence-corrected chi connectivity index (χ4v) is 5.27. The Morgan fingerprint density at radius 1 is 1.19 bits per heavy atom. The van der Waals surface area contributed by atoms with Gasteiger partial charge in [0.15, 0.2) is 0 Å². The first kappa shape index (κ1) is 21.4. The lowest BCUT2D eigenvalue weighted by atomic mass is 10.0. The minimum absolute atomic E-state index is 0.192. The number of amides is 1. The first-order chi connectivity index (χ1) is 14.9. The quantitative estimate of drug-likeness (QED) is 0.605. The van der Waals surface area contributed by atoms with Crippen LogP contribution in [0.4, 0.5) is 11.5 Å². The van der Waals surface area contributed by atoms with E-state index in [2.05, 4.69) is 22.1 Å². The topological polar surface area (TPSA) is 76.6 Å². The predicted octanol–water partition coefficient (Wildman–Crippen LogP) is 4.96. The standard InChI is InChI=1S/C23H28N4O3S/c1-13-8-6-7-11-27(13)21-19-14(2)20(31-23(19)25-15(3)24-21)22(28)26-17-12-16(29-4)9-10-18(17)30-5/h9-10,12-13H,6-8,11H2,1-5H3,(H,26,28). The van der Waals surface area contributed by atoms with Crippen molar-refractivity contribution in [2.45, 2.75) is 46.1 Å². The molecule has 2 aromatic heterocycles. The highest BCUT2D eigenvalue weighted by molar-refractivity contribution is 7.20. The van der Waals surface area contributed by atoms with Gasteiger partial charge in [-0.2, -0.15) is 0 Å². The Hall–Kier alpha value is -2.87. The molecule has 3 heterocycles. The Kier molecular flexibility index (Phi) is 6.00. The van der Waals surface area contributed by atoms with Crippen LogP contribution in [0, 0.1) is 13.8 Å². The number of carbonyl (C=O) groups excluding carboxylic acids is 1. The number of nitrogens with zero attached hydrogens (tertiary/aromatic N) is 3. The van der Waals surface area contributed by atoms with Crippen molar-refractivity contribution in [1.29, 1.82) is 0 Å². The number of methoxy groups -OCH3 is 2. The van der Waals surface area contributed by atoms with Crippen LogP contribution in [-0.2, 0) is 0 Å². The smallest absolute Gasteiger partial charge is 0.266 e. The molecule has 1 amide bonds. The second kappa shape index (κ2) is 8.70. The van der Waals surface area contributed by atoms with E-state index in [1.165, 1.54) is 17.8 Å². The zero-order chi connectivity index (χ0) is 22.1. The molecule has 164 valence electrons. The zero-order valence-corrected chi connectivity index (χ0v) is 19.4. The van der Waals surface area contributed by atoms with Crippen LogP contribution in [0.25, 0.3) is 10.2 Å². The van der Waals surface area contributed by atoms with Crippen molar-refractivity contribution in [3.63, 3.8) is 0 Å². The highest BCUT2D eigenvalue weighted by Crippen LogP contribution is 2.38. The van der Waals surface area contributed by atoms with Crippen molar-refractivity contribution >= 4 is 39.0 Å². The first-order valence-corrected chi connectivity index (χ1v) is 11.3. The third kappa shape index (κ3) is 4.04.